The summed E-state index contributed by atoms with van der Waals surface area (Å²) in [5.74, 6) is 0.202. The van der Waals surface area contributed by atoms with E-state index in [-0.39, 0.29) is 17.6 Å². The number of ether oxygens (including phenoxy) is 2. The average molecular weight is 307 g/mol. The van der Waals surface area contributed by atoms with E-state index in [2.05, 4.69) is 5.10 Å². The molecule has 2 aliphatic heterocycles. The van der Waals surface area contributed by atoms with Gasteiger partial charge in [0.25, 0.3) is 0 Å². The van der Waals surface area contributed by atoms with E-state index in [4.69, 9.17) is 9.47 Å². The quantitative estimate of drug-likeness (QED) is 0.837. The van der Waals surface area contributed by atoms with E-state index in [0.717, 1.165) is 44.4 Å². The van der Waals surface area contributed by atoms with Gasteiger partial charge in [0.05, 0.1) is 18.8 Å². The number of nitrogens with zero attached hydrogens (tertiary/aromatic N) is 3. The molecule has 0 aromatic carbocycles. The van der Waals surface area contributed by atoms with Crippen molar-refractivity contribution in [1.29, 1.82) is 0 Å². The van der Waals surface area contributed by atoms with Gasteiger partial charge in [0.15, 0.2) is 0 Å². The number of aromatic nitrogens is 2. The molecule has 0 radical (unpaired) electrons. The van der Waals surface area contributed by atoms with Gasteiger partial charge in [-0.25, -0.2) is 0 Å². The van der Waals surface area contributed by atoms with Crippen molar-refractivity contribution in [2.75, 3.05) is 26.8 Å². The highest BCUT2D eigenvalue weighted by atomic mass is 16.6. The minimum atomic E-state index is -0.281. The number of likely N-dealkylation sites (tertiary alicyclic amines) is 1. The van der Waals surface area contributed by atoms with Crippen LogP contribution < -0.4 is 0 Å². The summed E-state index contributed by atoms with van der Waals surface area (Å²) >= 11 is 0. The molecule has 0 N–H and O–H groups in total. The fraction of sp³-hybridized carbons (Fsp3) is 0.750. The van der Waals surface area contributed by atoms with Gasteiger partial charge in [-0.1, -0.05) is 0 Å². The van der Waals surface area contributed by atoms with E-state index in [0.29, 0.717) is 13.0 Å². The molecular formula is C16H25N3O3. The molecule has 3 rings (SSSR count). The Labute approximate surface area is 131 Å². The minimum absolute atomic E-state index is 0.109. The number of carbonyl (C=O) groups is 1. The van der Waals surface area contributed by atoms with Crippen LogP contribution in [0.4, 0.5) is 0 Å². The van der Waals surface area contributed by atoms with Gasteiger partial charge in [0, 0.05) is 39.9 Å². The molecule has 1 aromatic rings. The first-order chi connectivity index (χ1) is 10.6. The summed E-state index contributed by atoms with van der Waals surface area (Å²) in [6, 6.07) is 0. The van der Waals surface area contributed by atoms with Crippen molar-refractivity contribution in [3.8, 4) is 0 Å². The predicted molar refractivity (Wildman–Crippen MR) is 81.4 cm³/mol. The zero-order chi connectivity index (χ0) is 15.6. The number of piperidine rings is 1. The lowest BCUT2D eigenvalue weighted by molar-refractivity contribution is -0.160. The van der Waals surface area contributed by atoms with E-state index in [1.54, 1.807) is 11.8 Å². The monoisotopic (exact) mass is 307 g/mol. The van der Waals surface area contributed by atoms with Crippen molar-refractivity contribution < 1.29 is 14.3 Å². The van der Waals surface area contributed by atoms with Gasteiger partial charge in [-0.15, -0.1) is 0 Å². The van der Waals surface area contributed by atoms with Crippen LogP contribution in [0, 0.1) is 0 Å². The lowest BCUT2D eigenvalue weighted by atomic mass is 9.86. The van der Waals surface area contributed by atoms with Crippen LogP contribution in [0.3, 0.4) is 0 Å². The molecule has 1 amide bonds. The molecule has 1 aromatic heterocycles. The first-order valence-electron chi connectivity index (χ1n) is 8.05. The summed E-state index contributed by atoms with van der Waals surface area (Å²) in [6.45, 7) is 2.20. The molecule has 22 heavy (non-hydrogen) atoms. The fourth-order valence-electron chi connectivity index (χ4n) is 3.69. The highest BCUT2D eigenvalue weighted by molar-refractivity contribution is 5.76. The summed E-state index contributed by atoms with van der Waals surface area (Å²) < 4.78 is 13.4. The molecule has 122 valence electrons. The van der Waals surface area contributed by atoms with Crippen LogP contribution in [-0.4, -0.2) is 59.1 Å². The SMILES string of the molecule is CO[C@H]1CCN(C(=O)CCc2cnn(C)c2)C[C@@]12CCCO2. The van der Waals surface area contributed by atoms with E-state index in [9.17, 15) is 4.79 Å². The van der Waals surface area contributed by atoms with Crippen molar-refractivity contribution in [1.82, 2.24) is 14.7 Å². The fourth-order valence-corrected chi connectivity index (χ4v) is 3.69. The topological polar surface area (TPSA) is 56.6 Å². The highest BCUT2D eigenvalue weighted by Gasteiger charge is 2.48. The Morgan fingerprint density at radius 3 is 3.09 bits per heavy atom. The molecule has 3 heterocycles. The number of carbonyl (C=O) groups excluding carboxylic acids is 1. The first-order valence-corrected chi connectivity index (χ1v) is 8.05. The Morgan fingerprint density at radius 1 is 1.59 bits per heavy atom. The molecule has 1 spiro atoms. The standard InChI is InChI=1S/C16H25N3O3/c1-18-11-13(10-17-18)4-5-15(20)19-8-6-14(21-2)16(12-19)7-3-9-22-16/h10-11,14H,3-9,12H2,1-2H3/t14-,16-/m0/s1. The molecular weight excluding hydrogens is 282 g/mol. The second kappa shape index (κ2) is 6.38. The smallest absolute Gasteiger partial charge is 0.223 e. The van der Waals surface area contributed by atoms with Crippen LogP contribution in [-0.2, 0) is 27.7 Å². The van der Waals surface area contributed by atoms with Crippen LogP contribution in [0.1, 0.15) is 31.2 Å². The third-order valence-electron chi connectivity index (χ3n) is 4.86. The van der Waals surface area contributed by atoms with Crippen LogP contribution in [0.25, 0.3) is 0 Å². The Bertz CT molecular complexity index is 522. The van der Waals surface area contributed by atoms with Gasteiger partial charge in [-0.3, -0.25) is 9.48 Å². The molecule has 6 heteroatoms. The van der Waals surface area contributed by atoms with Crippen molar-refractivity contribution in [3.05, 3.63) is 18.0 Å². The zero-order valence-electron chi connectivity index (χ0n) is 13.5. The van der Waals surface area contributed by atoms with Crippen LogP contribution in [0.15, 0.2) is 12.4 Å². The largest absolute Gasteiger partial charge is 0.378 e. The molecule has 2 saturated heterocycles. The second-order valence-corrected chi connectivity index (χ2v) is 6.37. The van der Waals surface area contributed by atoms with Gasteiger partial charge in [0.1, 0.15) is 5.60 Å². The maximum Gasteiger partial charge on any atom is 0.223 e. The van der Waals surface area contributed by atoms with Gasteiger partial charge < -0.3 is 14.4 Å². The van der Waals surface area contributed by atoms with E-state index in [1.807, 2.05) is 24.3 Å². The Morgan fingerprint density at radius 2 is 2.45 bits per heavy atom. The van der Waals surface area contributed by atoms with Crippen LogP contribution in [0.2, 0.25) is 0 Å². The zero-order valence-corrected chi connectivity index (χ0v) is 13.5. The minimum Gasteiger partial charge on any atom is -0.378 e. The summed E-state index contributed by atoms with van der Waals surface area (Å²) in [7, 11) is 3.63. The van der Waals surface area contributed by atoms with Crippen LogP contribution in [0.5, 0.6) is 0 Å². The molecule has 6 nitrogen and oxygen atoms in total. The van der Waals surface area contributed by atoms with Crippen molar-refractivity contribution in [2.24, 2.45) is 7.05 Å². The third kappa shape index (κ3) is 3.03. The second-order valence-electron chi connectivity index (χ2n) is 6.37. The number of amides is 1. The van der Waals surface area contributed by atoms with Gasteiger partial charge in [-0.2, -0.15) is 5.10 Å². The number of methoxy groups -OCH3 is 1. The van der Waals surface area contributed by atoms with E-state index in [1.165, 1.54) is 0 Å². The number of hydrogen-bond donors (Lipinski definition) is 0. The Balaban J connectivity index is 1.58. The average Bonchev–Trinajstić information content (AvgIpc) is 3.14. The lowest BCUT2D eigenvalue weighted by Gasteiger charge is -2.44. The van der Waals surface area contributed by atoms with E-state index < -0.39 is 0 Å². The lowest BCUT2D eigenvalue weighted by Crippen LogP contribution is -2.58. The third-order valence-corrected chi connectivity index (χ3v) is 4.86. The molecule has 2 fully saturated rings. The summed E-state index contributed by atoms with van der Waals surface area (Å²) in [4.78, 5) is 14.5. The first kappa shape index (κ1) is 15.5. The molecule has 2 aliphatic rings. The molecule has 0 aliphatic carbocycles. The van der Waals surface area contributed by atoms with Gasteiger partial charge >= 0.3 is 0 Å². The van der Waals surface area contributed by atoms with Crippen molar-refractivity contribution >= 4 is 5.91 Å². The molecule has 0 bridgehead atoms. The summed E-state index contributed by atoms with van der Waals surface area (Å²) in [6.07, 6.45) is 8.06. The number of rotatable bonds is 4. The summed E-state index contributed by atoms with van der Waals surface area (Å²) in [5.41, 5.74) is 0.825. The van der Waals surface area contributed by atoms with Gasteiger partial charge in [-0.05, 0) is 31.2 Å². The summed E-state index contributed by atoms with van der Waals surface area (Å²) in [5, 5.41) is 4.14. The Hall–Kier alpha value is -1.40. The van der Waals surface area contributed by atoms with Gasteiger partial charge in [0.2, 0.25) is 5.91 Å². The molecule has 0 unspecified atom stereocenters. The number of aryl methyl sites for hydroxylation is 2. The van der Waals surface area contributed by atoms with E-state index >= 15 is 0 Å². The normalized spacial score (nSPS) is 28.5. The molecule has 2 atom stereocenters. The number of hydrogen-bond acceptors (Lipinski definition) is 4. The van der Waals surface area contributed by atoms with Crippen LogP contribution >= 0.6 is 0 Å². The predicted octanol–water partition coefficient (Wildman–Crippen LogP) is 1.15. The Kier molecular flexibility index (Phi) is 4.49. The maximum atomic E-state index is 12.5. The molecule has 0 saturated carbocycles. The highest BCUT2D eigenvalue weighted by Crippen LogP contribution is 2.36. The van der Waals surface area contributed by atoms with Crippen molar-refractivity contribution in [3.63, 3.8) is 0 Å². The van der Waals surface area contributed by atoms with Crippen molar-refractivity contribution in [2.45, 2.75) is 43.8 Å². The maximum absolute atomic E-state index is 12.5.